The number of rotatable bonds is 6. The molecule has 0 saturated heterocycles. The van der Waals surface area contributed by atoms with Crippen molar-refractivity contribution in [2.75, 3.05) is 6.26 Å². The van der Waals surface area contributed by atoms with Crippen molar-refractivity contribution < 1.29 is 40.0 Å². The fraction of sp³-hybridized carbons (Fsp3) is 0.111. The summed E-state index contributed by atoms with van der Waals surface area (Å²) in [7, 11) is -3.53. The lowest BCUT2D eigenvalue weighted by Gasteiger charge is -2.14. The zero-order chi connectivity index (χ0) is 28.5. The van der Waals surface area contributed by atoms with Crippen LogP contribution in [0.2, 0.25) is 0 Å². The molecule has 0 atom stereocenters. The lowest BCUT2D eigenvalue weighted by atomic mass is 10.1. The van der Waals surface area contributed by atoms with E-state index in [1.54, 1.807) is 0 Å². The molecule has 4 aromatic rings. The molecule has 0 spiro atoms. The molecule has 6 nitrogen and oxygen atoms in total. The van der Waals surface area contributed by atoms with Crippen molar-refractivity contribution in [2.24, 2.45) is 5.16 Å². The number of halogens is 5. The Kier molecular flexibility index (Phi) is 7.42. The van der Waals surface area contributed by atoms with Gasteiger partial charge in [0, 0.05) is 23.2 Å². The highest BCUT2D eigenvalue weighted by Gasteiger charge is 2.40. The zero-order valence-corrected chi connectivity index (χ0v) is 21.1. The van der Waals surface area contributed by atoms with Crippen molar-refractivity contribution in [3.05, 3.63) is 107 Å². The second-order valence-electron chi connectivity index (χ2n) is 8.46. The number of benzene rings is 3. The van der Waals surface area contributed by atoms with Gasteiger partial charge in [0.2, 0.25) is 0 Å². The van der Waals surface area contributed by atoms with Crippen LogP contribution in [0.1, 0.15) is 21.6 Å². The first kappa shape index (κ1) is 27.7. The average molecular weight is 563 g/mol. The Morgan fingerprint density at radius 3 is 1.92 bits per heavy atom. The summed E-state index contributed by atoms with van der Waals surface area (Å²) in [4.78, 5) is 16.8. The molecule has 4 rings (SSSR count). The molecule has 202 valence electrons. The van der Waals surface area contributed by atoms with Crippen LogP contribution in [0.25, 0.3) is 16.9 Å². The summed E-state index contributed by atoms with van der Waals surface area (Å²) in [6.07, 6.45) is -4.05. The summed E-state index contributed by atoms with van der Waals surface area (Å²) in [5.41, 5.74) is -1.29. The van der Waals surface area contributed by atoms with Gasteiger partial charge in [-0.25, -0.2) is 22.0 Å². The van der Waals surface area contributed by atoms with Crippen molar-refractivity contribution in [1.29, 1.82) is 0 Å². The summed E-state index contributed by atoms with van der Waals surface area (Å²) in [6.45, 7) is 1.37. The smallest absolute Gasteiger partial charge is 0.313 e. The van der Waals surface area contributed by atoms with Gasteiger partial charge in [-0.1, -0.05) is 17.3 Å². The number of oxime groups is 1. The molecule has 0 aliphatic carbocycles. The molecule has 0 saturated carbocycles. The minimum absolute atomic E-state index is 0.00772. The van der Waals surface area contributed by atoms with E-state index in [-0.39, 0.29) is 21.8 Å². The zero-order valence-electron chi connectivity index (χ0n) is 20.3. The van der Waals surface area contributed by atoms with Crippen LogP contribution in [-0.2, 0) is 14.7 Å². The van der Waals surface area contributed by atoms with Gasteiger partial charge < -0.3 is 9.40 Å². The Morgan fingerprint density at radius 2 is 1.41 bits per heavy atom. The van der Waals surface area contributed by atoms with Crippen LogP contribution in [-0.4, -0.2) is 37.1 Å². The fourth-order valence-electron chi connectivity index (χ4n) is 3.83. The molecule has 0 amide bonds. The van der Waals surface area contributed by atoms with Gasteiger partial charge in [-0.3, -0.25) is 0 Å². The fourth-order valence-corrected chi connectivity index (χ4v) is 4.46. The normalized spacial score (nSPS) is 12.4. The number of hydrogen-bond acceptors (Lipinski definition) is 5. The summed E-state index contributed by atoms with van der Waals surface area (Å²) in [6, 6.07) is 15.6. The van der Waals surface area contributed by atoms with Crippen LogP contribution < -0.4 is 0 Å². The molecule has 1 heterocycles. The van der Waals surface area contributed by atoms with Gasteiger partial charge in [0.1, 0.15) is 11.6 Å². The average Bonchev–Trinajstić information content (AvgIpc) is 3.20. The third-order valence-electron chi connectivity index (χ3n) is 5.73. The summed E-state index contributed by atoms with van der Waals surface area (Å²) >= 11 is 0. The van der Waals surface area contributed by atoms with Crippen LogP contribution in [0, 0.1) is 18.6 Å². The molecule has 0 bridgehead atoms. The van der Waals surface area contributed by atoms with E-state index in [9.17, 15) is 35.2 Å². The standard InChI is InChI=1S/C27H19F5N2O4S/c1-16-23(25(27(30,31)32)33-38-26(35)18-3-7-19(28)8-4-18)15-24(34(16)21-11-9-20(29)10-12-21)17-5-13-22(14-6-17)39(2,36)37/h3-15H,1-2H3/b33-25+. The maximum atomic E-state index is 14.2. The van der Waals surface area contributed by atoms with E-state index in [1.807, 2.05) is 0 Å². The van der Waals surface area contributed by atoms with Crippen LogP contribution >= 0.6 is 0 Å². The largest absolute Gasteiger partial charge is 0.437 e. The van der Waals surface area contributed by atoms with Gasteiger partial charge >= 0.3 is 12.1 Å². The van der Waals surface area contributed by atoms with Crippen molar-refractivity contribution in [1.82, 2.24) is 4.57 Å². The quantitative estimate of drug-likeness (QED) is 0.120. The molecule has 0 radical (unpaired) electrons. The number of sulfone groups is 1. The lowest BCUT2D eigenvalue weighted by Crippen LogP contribution is -2.25. The highest BCUT2D eigenvalue weighted by molar-refractivity contribution is 7.90. The molecular formula is C27H19F5N2O4S. The first-order valence-corrected chi connectivity index (χ1v) is 13.1. The number of alkyl halides is 3. The van der Waals surface area contributed by atoms with Crippen LogP contribution in [0.4, 0.5) is 22.0 Å². The molecule has 0 unspecified atom stereocenters. The number of aromatic nitrogens is 1. The Morgan fingerprint density at radius 1 is 0.872 bits per heavy atom. The maximum absolute atomic E-state index is 14.2. The molecule has 3 aromatic carbocycles. The van der Waals surface area contributed by atoms with Crippen molar-refractivity contribution in [3.8, 4) is 16.9 Å². The van der Waals surface area contributed by atoms with E-state index in [0.29, 0.717) is 11.3 Å². The number of carbonyl (C=O) groups excluding carboxylic acids is 1. The first-order valence-electron chi connectivity index (χ1n) is 11.2. The predicted octanol–water partition coefficient (Wildman–Crippen LogP) is 6.26. The second kappa shape index (κ2) is 10.4. The van der Waals surface area contributed by atoms with Crippen LogP contribution in [0.3, 0.4) is 0 Å². The number of hydrogen-bond donors (Lipinski definition) is 0. The van der Waals surface area contributed by atoms with E-state index in [1.165, 1.54) is 47.9 Å². The lowest BCUT2D eigenvalue weighted by molar-refractivity contribution is -0.0605. The Bertz CT molecular complexity index is 1660. The van der Waals surface area contributed by atoms with E-state index < -0.39 is 44.9 Å². The Balaban J connectivity index is 1.86. The number of nitrogens with zero attached hydrogens (tertiary/aromatic N) is 2. The van der Waals surface area contributed by atoms with Crippen molar-refractivity contribution >= 4 is 21.5 Å². The van der Waals surface area contributed by atoms with E-state index >= 15 is 0 Å². The molecule has 12 heteroatoms. The SMILES string of the molecule is Cc1c(/C(=N\OC(=O)c2ccc(F)cc2)C(F)(F)F)cc(-c2ccc(S(C)(=O)=O)cc2)n1-c1ccc(F)cc1. The van der Waals surface area contributed by atoms with Gasteiger partial charge in [-0.05, 0) is 79.2 Å². The van der Waals surface area contributed by atoms with Gasteiger partial charge in [0.05, 0.1) is 16.2 Å². The third-order valence-corrected chi connectivity index (χ3v) is 6.86. The van der Waals surface area contributed by atoms with Gasteiger partial charge in [0.25, 0.3) is 0 Å². The molecule has 39 heavy (non-hydrogen) atoms. The summed E-state index contributed by atoms with van der Waals surface area (Å²) in [5.74, 6) is -2.45. The van der Waals surface area contributed by atoms with Gasteiger partial charge in [0.15, 0.2) is 15.5 Å². The minimum Gasteiger partial charge on any atom is -0.313 e. The van der Waals surface area contributed by atoms with Crippen LogP contribution in [0.5, 0.6) is 0 Å². The van der Waals surface area contributed by atoms with E-state index in [2.05, 4.69) is 9.99 Å². The van der Waals surface area contributed by atoms with Crippen molar-refractivity contribution in [2.45, 2.75) is 18.0 Å². The molecule has 0 N–H and O–H groups in total. The summed E-state index contributed by atoms with van der Waals surface area (Å²) < 4.78 is 94.4. The molecule has 1 aromatic heterocycles. The van der Waals surface area contributed by atoms with Gasteiger partial charge in [-0.15, -0.1) is 0 Å². The molecule has 0 aliphatic heterocycles. The monoisotopic (exact) mass is 562 g/mol. The maximum Gasteiger partial charge on any atom is 0.437 e. The van der Waals surface area contributed by atoms with E-state index in [0.717, 1.165) is 48.7 Å². The first-order chi connectivity index (χ1) is 18.3. The Hall–Kier alpha value is -4.32. The molecule has 0 aliphatic rings. The second-order valence-corrected chi connectivity index (χ2v) is 10.5. The molecule has 0 fully saturated rings. The summed E-state index contributed by atoms with van der Waals surface area (Å²) in [5, 5.41) is 3.12. The topological polar surface area (TPSA) is 77.7 Å². The third kappa shape index (κ3) is 6.06. The minimum atomic E-state index is -5.07. The highest BCUT2D eigenvalue weighted by atomic mass is 32.2. The number of carbonyl (C=O) groups is 1. The highest BCUT2D eigenvalue weighted by Crippen LogP contribution is 2.34. The Labute approximate surface area is 219 Å². The predicted molar refractivity (Wildman–Crippen MR) is 133 cm³/mol. The van der Waals surface area contributed by atoms with Crippen LogP contribution in [0.15, 0.2) is 88.9 Å². The molecular weight excluding hydrogens is 543 g/mol. The van der Waals surface area contributed by atoms with Crippen molar-refractivity contribution in [3.63, 3.8) is 0 Å². The van der Waals surface area contributed by atoms with E-state index in [4.69, 9.17) is 0 Å². The van der Waals surface area contributed by atoms with Gasteiger partial charge in [-0.2, -0.15) is 13.2 Å².